The van der Waals surface area contributed by atoms with Crippen LogP contribution in [0.1, 0.15) is 45.4 Å². The third-order valence-corrected chi connectivity index (χ3v) is 5.10. The lowest BCUT2D eigenvalue weighted by Gasteiger charge is -2.29. The molecule has 0 heterocycles. The second kappa shape index (κ2) is 8.25. The maximum absolute atomic E-state index is 12.5. The number of nitrogens with one attached hydrogen (secondary N) is 1. The van der Waals surface area contributed by atoms with Gasteiger partial charge >= 0.3 is 6.18 Å². The van der Waals surface area contributed by atoms with Crippen molar-refractivity contribution in [2.75, 3.05) is 11.9 Å². The van der Waals surface area contributed by atoms with Crippen molar-refractivity contribution in [3.63, 3.8) is 0 Å². The SMILES string of the molecule is CC(CBr)CCCNC(=O)C1CCC(C(F)(F)F)CC1. The van der Waals surface area contributed by atoms with E-state index in [1.165, 1.54) is 0 Å². The Morgan fingerprint density at radius 1 is 1.30 bits per heavy atom. The molecule has 0 aromatic carbocycles. The molecule has 1 fully saturated rings. The number of carbonyl (C=O) groups is 1. The molecule has 1 aliphatic rings. The predicted octanol–water partition coefficient (Wildman–Crippen LogP) is 4.28. The topological polar surface area (TPSA) is 29.1 Å². The number of halogens is 4. The minimum absolute atomic E-state index is 0.0721. The van der Waals surface area contributed by atoms with Crippen LogP contribution in [0.3, 0.4) is 0 Å². The van der Waals surface area contributed by atoms with E-state index < -0.39 is 12.1 Å². The van der Waals surface area contributed by atoms with Crippen LogP contribution in [0, 0.1) is 17.8 Å². The summed E-state index contributed by atoms with van der Waals surface area (Å²) in [6.07, 6.45) is -1.28. The molecule has 0 aliphatic heterocycles. The summed E-state index contributed by atoms with van der Waals surface area (Å²) in [4.78, 5) is 11.9. The van der Waals surface area contributed by atoms with Gasteiger partial charge < -0.3 is 5.32 Å². The third-order valence-electron chi connectivity index (χ3n) is 4.00. The molecule has 1 aliphatic carbocycles. The minimum Gasteiger partial charge on any atom is -0.356 e. The van der Waals surface area contributed by atoms with Gasteiger partial charge in [-0.15, -0.1) is 0 Å². The molecule has 6 heteroatoms. The van der Waals surface area contributed by atoms with E-state index in [2.05, 4.69) is 28.2 Å². The number of hydrogen-bond donors (Lipinski definition) is 1. The van der Waals surface area contributed by atoms with Crippen LogP contribution in [-0.4, -0.2) is 24.0 Å². The van der Waals surface area contributed by atoms with Crippen molar-refractivity contribution in [2.24, 2.45) is 17.8 Å². The van der Waals surface area contributed by atoms with Gasteiger partial charge in [0.05, 0.1) is 5.92 Å². The van der Waals surface area contributed by atoms with E-state index >= 15 is 0 Å². The molecular weight excluding hydrogens is 335 g/mol. The van der Waals surface area contributed by atoms with E-state index in [1.54, 1.807) is 0 Å². The molecule has 1 rings (SSSR count). The Morgan fingerprint density at radius 3 is 2.40 bits per heavy atom. The number of rotatable bonds is 6. The third kappa shape index (κ3) is 6.02. The molecule has 118 valence electrons. The highest BCUT2D eigenvalue weighted by Crippen LogP contribution is 2.39. The average molecular weight is 358 g/mol. The second-order valence-electron chi connectivity index (χ2n) is 5.78. The molecule has 0 radical (unpaired) electrons. The Balaban J connectivity index is 2.19. The number of alkyl halides is 4. The van der Waals surface area contributed by atoms with Crippen molar-refractivity contribution in [1.82, 2.24) is 5.32 Å². The fourth-order valence-corrected chi connectivity index (χ4v) is 2.89. The Bertz CT molecular complexity index is 301. The standard InChI is InChI=1S/C14H23BrF3NO/c1-10(9-15)3-2-8-19-13(20)11-4-6-12(7-5-11)14(16,17)18/h10-12H,2-9H2,1H3,(H,19,20). The van der Waals surface area contributed by atoms with E-state index in [1.807, 2.05) is 0 Å². The number of hydrogen-bond acceptors (Lipinski definition) is 1. The first kappa shape index (κ1) is 17.8. The molecule has 1 N–H and O–H groups in total. The van der Waals surface area contributed by atoms with E-state index in [9.17, 15) is 18.0 Å². The number of carbonyl (C=O) groups excluding carboxylic acids is 1. The maximum atomic E-state index is 12.5. The molecule has 1 unspecified atom stereocenters. The van der Waals surface area contributed by atoms with E-state index in [4.69, 9.17) is 0 Å². The highest BCUT2D eigenvalue weighted by Gasteiger charge is 2.42. The van der Waals surface area contributed by atoms with Crippen molar-refractivity contribution >= 4 is 21.8 Å². The van der Waals surface area contributed by atoms with Crippen LogP contribution in [0.15, 0.2) is 0 Å². The average Bonchev–Trinajstić information content (AvgIpc) is 2.42. The van der Waals surface area contributed by atoms with Crippen LogP contribution in [0.4, 0.5) is 13.2 Å². The van der Waals surface area contributed by atoms with Crippen molar-refractivity contribution < 1.29 is 18.0 Å². The Kier molecular flexibility index (Phi) is 7.34. The molecular formula is C14H23BrF3NO. The Hall–Kier alpha value is -0.260. The first-order valence-electron chi connectivity index (χ1n) is 7.25. The van der Waals surface area contributed by atoms with Gasteiger partial charge in [0, 0.05) is 17.8 Å². The second-order valence-corrected chi connectivity index (χ2v) is 6.43. The van der Waals surface area contributed by atoms with E-state index in [0.717, 1.165) is 18.2 Å². The summed E-state index contributed by atoms with van der Waals surface area (Å²) in [5, 5.41) is 3.80. The zero-order chi connectivity index (χ0) is 15.2. The molecule has 0 aromatic heterocycles. The first-order chi connectivity index (χ1) is 9.34. The van der Waals surface area contributed by atoms with Gasteiger partial charge in [-0.3, -0.25) is 4.79 Å². The van der Waals surface area contributed by atoms with E-state index in [-0.39, 0.29) is 24.7 Å². The van der Waals surface area contributed by atoms with Crippen LogP contribution < -0.4 is 5.32 Å². The van der Waals surface area contributed by atoms with Gasteiger partial charge in [0.2, 0.25) is 5.91 Å². The molecule has 1 amide bonds. The van der Waals surface area contributed by atoms with Gasteiger partial charge in [-0.1, -0.05) is 22.9 Å². The van der Waals surface area contributed by atoms with Crippen LogP contribution >= 0.6 is 15.9 Å². The molecule has 0 saturated heterocycles. The Morgan fingerprint density at radius 2 is 1.90 bits per heavy atom. The lowest BCUT2D eigenvalue weighted by atomic mass is 9.81. The van der Waals surface area contributed by atoms with Gasteiger partial charge in [0.25, 0.3) is 0 Å². The summed E-state index contributed by atoms with van der Waals surface area (Å²) in [7, 11) is 0. The van der Waals surface area contributed by atoms with Crippen molar-refractivity contribution in [2.45, 2.75) is 51.6 Å². The summed E-state index contributed by atoms with van der Waals surface area (Å²) in [5.41, 5.74) is 0. The van der Waals surface area contributed by atoms with E-state index in [0.29, 0.717) is 25.3 Å². The van der Waals surface area contributed by atoms with Gasteiger partial charge in [-0.25, -0.2) is 0 Å². The summed E-state index contributed by atoms with van der Waals surface area (Å²) in [5.74, 6) is -0.945. The van der Waals surface area contributed by atoms with Crippen molar-refractivity contribution in [3.8, 4) is 0 Å². The van der Waals surface area contributed by atoms with Crippen LogP contribution in [0.25, 0.3) is 0 Å². The molecule has 0 spiro atoms. The highest BCUT2D eigenvalue weighted by molar-refractivity contribution is 9.09. The number of amides is 1. The molecule has 20 heavy (non-hydrogen) atoms. The van der Waals surface area contributed by atoms with Gasteiger partial charge in [-0.2, -0.15) is 13.2 Å². The van der Waals surface area contributed by atoms with Gasteiger partial charge in [0.1, 0.15) is 0 Å². The first-order valence-corrected chi connectivity index (χ1v) is 8.37. The largest absolute Gasteiger partial charge is 0.391 e. The zero-order valence-corrected chi connectivity index (χ0v) is 13.4. The lowest BCUT2D eigenvalue weighted by Crippen LogP contribution is -2.36. The molecule has 1 saturated carbocycles. The summed E-state index contributed by atoms with van der Waals surface area (Å²) in [6.45, 7) is 2.75. The maximum Gasteiger partial charge on any atom is 0.391 e. The van der Waals surface area contributed by atoms with Crippen molar-refractivity contribution in [1.29, 1.82) is 0 Å². The Labute approximate surface area is 127 Å². The quantitative estimate of drug-likeness (QED) is 0.557. The smallest absolute Gasteiger partial charge is 0.356 e. The van der Waals surface area contributed by atoms with Crippen LogP contribution in [-0.2, 0) is 4.79 Å². The lowest BCUT2D eigenvalue weighted by molar-refractivity contribution is -0.184. The summed E-state index contributed by atoms with van der Waals surface area (Å²) < 4.78 is 37.6. The summed E-state index contributed by atoms with van der Waals surface area (Å²) in [6, 6.07) is 0. The van der Waals surface area contributed by atoms with Crippen LogP contribution in [0.2, 0.25) is 0 Å². The molecule has 0 aromatic rings. The minimum atomic E-state index is -4.10. The van der Waals surface area contributed by atoms with Gasteiger partial charge in [-0.05, 0) is 44.4 Å². The zero-order valence-electron chi connectivity index (χ0n) is 11.8. The van der Waals surface area contributed by atoms with Crippen molar-refractivity contribution in [3.05, 3.63) is 0 Å². The summed E-state index contributed by atoms with van der Waals surface area (Å²) >= 11 is 3.40. The molecule has 0 bridgehead atoms. The van der Waals surface area contributed by atoms with Crippen LogP contribution in [0.5, 0.6) is 0 Å². The fraction of sp³-hybridized carbons (Fsp3) is 0.929. The van der Waals surface area contributed by atoms with Gasteiger partial charge in [0.15, 0.2) is 0 Å². The predicted molar refractivity (Wildman–Crippen MR) is 76.7 cm³/mol. The fourth-order valence-electron chi connectivity index (χ4n) is 2.57. The highest BCUT2D eigenvalue weighted by atomic mass is 79.9. The molecule has 2 nitrogen and oxygen atoms in total. The monoisotopic (exact) mass is 357 g/mol. The molecule has 1 atom stereocenters. The normalized spacial score (nSPS) is 25.2.